The van der Waals surface area contributed by atoms with E-state index in [1.54, 1.807) is 12.5 Å². The Kier molecular flexibility index (Phi) is 4.26. The Labute approximate surface area is 115 Å². The molecule has 2 rings (SSSR count). The van der Waals surface area contributed by atoms with E-state index in [0.717, 1.165) is 31.4 Å². The van der Waals surface area contributed by atoms with Gasteiger partial charge in [-0.2, -0.15) is 5.26 Å². The number of aromatic nitrogens is 2. The number of hydrogen-bond acceptors (Lipinski definition) is 3. The average Bonchev–Trinajstić information content (AvgIpc) is 2.76. The lowest BCUT2D eigenvalue weighted by molar-refractivity contribution is 0.0443. The maximum Gasteiger partial charge on any atom is 0.114 e. The van der Waals surface area contributed by atoms with Gasteiger partial charge in [0.25, 0.3) is 0 Å². The molecule has 1 heterocycles. The van der Waals surface area contributed by atoms with Gasteiger partial charge in [-0.15, -0.1) is 0 Å². The van der Waals surface area contributed by atoms with Crippen molar-refractivity contribution >= 4 is 0 Å². The number of aliphatic hydroxyl groups is 1. The van der Waals surface area contributed by atoms with Crippen molar-refractivity contribution in [1.82, 2.24) is 9.55 Å². The van der Waals surface area contributed by atoms with Crippen molar-refractivity contribution in [3.63, 3.8) is 0 Å². The van der Waals surface area contributed by atoms with Gasteiger partial charge in [-0.1, -0.05) is 25.7 Å². The number of aliphatic hydroxyl groups excluding tert-OH is 1. The fourth-order valence-corrected chi connectivity index (χ4v) is 3.05. The summed E-state index contributed by atoms with van der Waals surface area (Å²) in [5, 5.41) is 20.4. The SMILES string of the molecule is CC(C)n1cncc1C(O)C1(C#N)CCCCCC1. The second kappa shape index (κ2) is 5.75. The van der Waals surface area contributed by atoms with Crippen LogP contribution in [0.3, 0.4) is 0 Å². The average molecular weight is 261 g/mol. The summed E-state index contributed by atoms with van der Waals surface area (Å²) >= 11 is 0. The molecule has 1 aromatic rings. The van der Waals surface area contributed by atoms with Gasteiger partial charge < -0.3 is 9.67 Å². The van der Waals surface area contributed by atoms with Crippen LogP contribution in [-0.2, 0) is 0 Å². The van der Waals surface area contributed by atoms with Crippen LogP contribution in [0, 0.1) is 16.7 Å². The molecule has 1 fully saturated rings. The molecular weight excluding hydrogens is 238 g/mol. The zero-order valence-corrected chi connectivity index (χ0v) is 11.8. The molecule has 4 heteroatoms. The van der Waals surface area contributed by atoms with E-state index in [1.807, 2.05) is 4.57 Å². The lowest BCUT2D eigenvalue weighted by Crippen LogP contribution is -2.29. The topological polar surface area (TPSA) is 61.8 Å². The molecule has 19 heavy (non-hydrogen) atoms. The fourth-order valence-electron chi connectivity index (χ4n) is 3.05. The van der Waals surface area contributed by atoms with Gasteiger partial charge in [0.15, 0.2) is 0 Å². The normalized spacial score (nSPS) is 20.8. The summed E-state index contributed by atoms with van der Waals surface area (Å²) in [6, 6.07) is 2.66. The Bertz CT molecular complexity index is 450. The van der Waals surface area contributed by atoms with Crippen LogP contribution in [-0.4, -0.2) is 14.7 Å². The molecule has 1 saturated carbocycles. The first-order valence-corrected chi connectivity index (χ1v) is 7.22. The molecule has 1 aliphatic rings. The molecule has 1 N–H and O–H groups in total. The minimum absolute atomic E-state index is 0.244. The second-order valence-corrected chi connectivity index (χ2v) is 5.90. The number of nitriles is 1. The molecule has 0 radical (unpaired) electrons. The summed E-state index contributed by atoms with van der Waals surface area (Å²) in [5.41, 5.74) is 0.141. The van der Waals surface area contributed by atoms with Crippen LogP contribution in [0.15, 0.2) is 12.5 Å². The van der Waals surface area contributed by atoms with Gasteiger partial charge in [0, 0.05) is 6.04 Å². The molecule has 1 unspecified atom stereocenters. The van der Waals surface area contributed by atoms with Crippen LogP contribution >= 0.6 is 0 Å². The van der Waals surface area contributed by atoms with E-state index in [9.17, 15) is 10.4 Å². The number of imidazole rings is 1. The van der Waals surface area contributed by atoms with Gasteiger partial charge in [0.2, 0.25) is 0 Å². The molecule has 4 nitrogen and oxygen atoms in total. The molecule has 0 aliphatic heterocycles. The lowest BCUT2D eigenvalue weighted by Gasteiger charge is -2.31. The highest BCUT2D eigenvalue weighted by Gasteiger charge is 2.40. The number of rotatable bonds is 3. The zero-order valence-electron chi connectivity index (χ0n) is 11.8. The largest absolute Gasteiger partial charge is 0.385 e. The molecule has 0 aromatic carbocycles. The molecule has 0 saturated heterocycles. The molecule has 104 valence electrons. The first-order chi connectivity index (χ1) is 9.10. The summed E-state index contributed by atoms with van der Waals surface area (Å²) in [7, 11) is 0. The van der Waals surface area contributed by atoms with Crippen molar-refractivity contribution in [2.45, 2.75) is 64.5 Å². The standard InChI is InChI=1S/C15H23N3O/c1-12(2)18-11-17-9-13(18)14(19)15(10-16)7-5-3-4-6-8-15/h9,11-12,14,19H,3-8H2,1-2H3. The van der Waals surface area contributed by atoms with Crippen molar-refractivity contribution in [2.75, 3.05) is 0 Å². The van der Waals surface area contributed by atoms with Crippen molar-refractivity contribution in [1.29, 1.82) is 5.26 Å². The third kappa shape index (κ3) is 2.66. The van der Waals surface area contributed by atoms with E-state index in [4.69, 9.17) is 0 Å². The van der Waals surface area contributed by atoms with Crippen molar-refractivity contribution < 1.29 is 5.11 Å². The van der Waals surface area contributed by atoms with Gasteiger partial charge in [0.05, 0.1) is 29.7 Å². The summed E-state index contributed by atoms with van der Waals surface area (Å²) in [4.78, 5) is 4.14. The van der Waals surface area contributed by atoms with E-state index in [1.165, 1.54) is 12.8 Å². The molecule has 0 bridgehead atoms. The number of hydrogen-bond donors (Lipinski definition) is 1. The predicted octanol–water partition coefficient (Wildman–Crippen LogP) is 3.36. The smallest absolute Gasteiger partial charge is 0.114 e. The minimum Gasteiger partial charge on any atom is -0.385 e. The molecule has 0 amide bonds. The quantitative estimate of drug-likeness (QED) is 0.849. The molecule has 0 spiro atoms. The third-order valence-electron chi connectivity index (χ3n) is 4.27. The van der Waals surface area contributed by atoms with E-state index >= 15 is 0 Å². The fraction of sp³-hybridized carbons (Fsp3) is 0.733. The Hall–Kier alpha value is -1.34. The summed E-state index contributed by atoms with van der Waals surface area (Å²) in [6.07, 6.45) is 8.67. The Morgan fingerprint density at radius 3 is 2.47 bits per heavy atom. The van der Waals surface area contributed by atoms with Crippen LogP contribution in [0.2, 0.25) is 0 Å². The minimum atomic E-state index is -0.736. The van der Waals surface area contributed by atoms with Crippen LogP contribution < -0.4 is 0 Å². The highest BCUT2D eigenvalue weighted by molar-refractivity contribution is 5.15. The van der Waals surface area contributed by atoms with Crippen molar-refractivity contribution in [3.05, 3.63) is 18.2 Å². The van der Waals surface area contributed by atoms with Crippen LogP contribution in [0.25, 0.3) is 0 Å². The van der Waals surface area contributed by atoms with Gasteiger partial charge in [-0.3, -0.25) is 0 Å². The third-order valence-corrected chi connectivity index (χ3v) is 4.27. The summed E-state index contributed by atoms with van der Waals surface area (Å²) in [6.45, 7) is 4.12. The van der Waals surface area contributed by atoms with Gasteiger partial charge in [-0.05, 0) is 26.7 Å². The van der Waals surface area contributed by atoms with Crippen LogP contribution in [0.5, 0.6) is 0 Å². The highest BCUT2D eigenvalue weighted by Crippen LogP contribution is 2.44. The first kappa shape index (κ1) is 14.1. The summed E-state index contributed by atoms with van der Waals surface area (Å²) < 4.78 is 1.97. The van der Waals surface area contributed by atoms with Gasteiger partial charge >= 0.3 is 0 Å². The van der Waals surface area contributed by atoms with Gasteiger partial charge in [0.1, 0.15) is 6.10 Å². The van der Waals surface area contributed by atoms with E-state index in [2.05, 4.69) is 24.9 Å². The van der Waals surface area contributed by atoms with E-state index < -0.39 is 11.5 Å². The van der Waals surface area contributed by atoms with Crippen LogP contribution in [0.1, 0.15) is 70.2 Å². The second-order valence-electron chi connectivity index (χ2n) is 5.90. The number of nitrogens with zero attached hydrogens (tertiary/aromatic N) is 3. The summed E-state index contributed by atoms with van der Waals surface area (Å²) in [5.74, 6) is 0. The Balaban J connectivity index is 2.32. The van der Waals surface area contributed by atoms with Crippen LogP contribution in [0.4, 0.5) is 0 Å². The van der Waals surface area contributed by atoms with Crippen molar-refractivity contribution in [3.8, 4) is 6.07 Å². The van der Waals surface area contributed by atoms with E-state index in [-0.39, 0.29) is 6.04 Å². The Morgan fingerprint density at radius 2 is 1.95 bits per heavy atom. The first-order valence-electron chi connectivity index (χ1n) is 7.22. The predicted molar refractivity (Wildman–Crippen MR) is 73.3 cm³/mol. The van der Waals surface area contributed by atoms with E-state index in [0.29, 0.717) is 0 Å². The molecule has 1 aromatic heterocycles. The molecule has 1 atom stereocenters. The zero-order chi connectivity index (χ0) is 13.9. The lowest BCUT2D eigenvalue weighted by atomic mass is 9.75. The maximum absolute atomic E-state index is 10.8. The van der Waals surface area contributed by atoms with Crippen molar-refractivity contribution in [2.24, 2.45) is 5.41 Å². The molecular formula is C15H23N3O. The highest BCUT2D eigenvalue weighted by atomic mass is 16.3. The maximum atomic E-state index is 10.8. The van der Waals surface area contributed by atoms with Gasteiger partial charge in [-0.25, -0.2) is 4.98 Å². The Morgan fingerprint density at radius 1 is 1.32 bits per heavy atom. The monoisotopic (exact) mass is 261 g/mol. The molecule has 1 aliphatic carbocycles.